The monoisotopic (exact) mass is 314 g/mol. The largest absolute Gasteiger partial charge is 0.448 e. The van der Waals surface area contributed by atoms with Crippen molar-refractivity contribution in [3.05, 3.63) is 83.4 Å². The first-order chi connectivity index (χ1) is 11.8. The first-order valence-corrected chi connectivity index (χ1v) is 8.42. The minimum absolute atomic E-state index is 0.730. The number of hydrogen-bond acceptors (Lipinski definition) is 2. The first kappa shape index (κ1) is 13.7. The average Bonchev–Trinajstić information content (AvgIpc) is 2.62. The van der Waals surface area contributed by atoms with Crippen molar-refractivity contribution >= 4 is 0 Å². The Morgan fingerprint density at radius 1 is 0.750 bits per heavy atom. The van der Waals surface area contributed by atoms with Gasteiger partial charge in [0, 0.05) is 17.5 Å². The SMILES string of the molecule is Cc1cccc2c1CCC1(Oc3ccccc3-c3ccccc31)O2. The smallest absolute Gasteiger partial charge is 0.278 e. The highest BCUT2D eigenvalue weighted by Gasteiger charge is 2.45. The van der Waals surface area contributed by atoms with Gasteiger partial charge in [-0.3, -0.25) is 0 Å². The molecule has 2 aliphatic rings. The molecule has 2 aliphatic heterocycles. The zero-order chi connectivity index (χ0) is 16.1. The van der Waals surface area contributed by atoms with Gasteiger partial charge in [0.1, 0.15) is 11.5 Å². The standard InChI is InChI=1S/C22H18O2/c1-15-7-6-12-20-16(15)13-14-22(23-20)19-10-4-2-8-17(19)18-9-3-5-11-21(18)24-22/h2-12H,13-14H2,1H3. The highest BCUT2D eigenvalue weighted by molar-refractivity contribution is 5.76. The second kappa shape index (κ2) is 4.88. The van der Waals surface area contributed by atoms with Gasteiger partial charge in [0.05, 0.1) is 0 Å². The lowest BCUT2D eigenvalue weighted by molar-refractivity contribution is -0.137. The van der Waals surface area contributed by atoms with Crippen molar-refractivity contribution in [3.8, 4) is 22.6 Å². The molecule has 0 radical (unpaired) electrons. The lowest BCUT2D eigenvalue weighted by Gasteiger charge is -2.43. The Labute approximate surface area is 141 Å². The molecular weight excluding hydrogens is 296 g/mol. The van der Waals surface area contributed by atoms with Crippen molar-refractivity contribution in [2.75, 3.05) is 0 Å². The van der Waals surface area contributed by atoms with Crippen molar-refractivity contribution < 1.29 is 9.47 Å². The summed E-state index contributed by atoms with van der Waals surface area (Å²) in [6, 6.07) is 22.9. The molecule has 0 bridgehead atoms. The molecule has 118 valence electrons. The Balaban J connectivity index is 1.71. The van der Waals surface area contributed by atoms with Crippen molar-refractivity contribution in [1.82, 2.24) is 0 Å². The Kier molecular flexibility index (Phi) is 2.78. The van der Waals surface area contributed by atoms with Crippen LogP contribution in [0, 0.1) is 6.92 Å². The summed E-state index contributed by atoms with van der Waals surface area (Å²) in [5.41, 5.74) is 6.04. The maximum absolute atomic E-state index is 6.50. The summed E-state index contributed by atoms with van der Waals surface area (Å²) in [5, 5.41) is 0. The minimum Gasteiger partial charge on any atom is -0.448 e. The van der Waals surface area contributed by atoms with Gasteiger partial charge in [0.2, 0.25) is 0 Å². The van der Waals surface area contributed by atoms with Gasteiger partial charge in [0.15, 0.2) is 0 Å². The molecule has 0 aromatic heterocycles. The van der Waals surface area contributed by atoms with Crippen LogP contribution in [0.2, 0.25) is 0 Å². The van der Waals surface area contributed by atoms with Crippen LogP contribution in [0.15, 0.2) is 66.7 Å². The van der Waals surface area contributed by atoms with E-state index in [1.54, 1.807) is 0 Å². The number of hydrogen-bond donors (Lipinski definition) is 0. The second-order valence-corrected chi connectivity index (χ2v) is 6.55. The Bertz CT molecular complexity index is 944. The van der Waals surface area contributed by atoms with E-state index in [2.05, 4.69) is 61.5 Å². The third kappa shape index (κ3) is 1.83. The van der Waals surface area contributed by atoms with Crippen molar-refractivity contribution in [1.29, 1.82) is 0 Å². The quantitative estimate of drug-likeness (QED) is 0.565. The zero-order valence-corrected chi connectivity index (χ0v) is 13.6. The molecule has 1 spiro atoms. The van der Waals surface area contributed by atoms with Crippen LogP contribution in [-0.4, -0.2) is 0 Å². The summed E-state index contributed by atoms with van der Waals surface area (Å²) in [5.74, 6) is 1.11. The maximum atomic E-state index is 6.50. The van der Waals surface area contributed by atoms with Crippen LogP contribution in [-0.2, 0) is 12.2 Å². The van der Waals surface area contributed by atoms with Crippen LogP contribution >= 0.6 is 0 Å². The number of para-hydroxylation sites is 1. The molecule has 0 aliphatic carbocycles. The molecule has 0 saturated carbocycles. The van der Waals surface area contributed by atoms with Crippen LogP contribution in [0.4, 0.5) is 0 Å². The van der Waals surface area contributed by atoms with E-state index in [9.17, 15) is 0 Å². The molecule has 2 heterocycles. The van der Waals surface area contributed by atoms with Crippen LogP contribution in [0.25, 0.3) is 11.1 Å². The molecular formula is C22H18O2. The first-order valence-electron chi connectivity index (χ1n) is 8.42. The topological polar surface area (TPSA) is 18.5 Å². The summed E-state index contributed by atoms with van der Waals surface area (Å²) in [7, 11) is 0. The van der Waals surface area contributed by atoms with E-state index in [1.807, 2.05) is 12.1 Å². The lowest BCUT2D eigenvalue weighted by atomic mass is 9.85. The average molecular weight is 314 g/mol. The van der Waals surface area contributed by atoms with E-state index in [-0.39, 0.29) is 0 Å². The van der Waals surface area contributed by atoms with Gasteiger partial charge in [-0.2, -0.15) is 0 Å². The molecule has 1 unspecified atom stereocenters. The van der Waals surface area contributed by atoms with E-state index < -0.39 is 5.79 Å². The third-order valence-corrected chi connectivity index (χ3v) is 5.14. The van der Waals surface area contributed by atoms with Crippen molar-refractivity contribution in [3.63, 3.8) is 0 Å². The molecule has 3 aromatic carbocycles. The fraction of sp³-hybridized carbons (Fsp3) is 0.182. The number of rotatable bonds is 0. The van der Waals surface area contributed by atoms with Crippen LogP contribution in [0.5, 0.6) is 11.5 Å². The third-order valence-electron chi connectivity index (χ3n) is 5.14. The number of aryl methyl sites for hydroxylation is 1. The van der Waals surface area contributed by atoms with Crippen LogP contribution in [0.3, 0.4) is 0 Å². The summed E-state index contributed by atoms with van der Waals surface area (Å²) in [6.45, 7) is 2.14. The van der Waals surface area contributed by atoms with E-state index in [0.717, 1.165) is 35.5 Å². The molecule has 24 heavy (non-hydrogen) atoms. The summed E-state index contributed by atoms with van der Waals surface area (Å²) in [4.78, 5) is 0. The van der Waals surface area contributed by atoms with E-state index >= 15 is 0 Å². The van der Waals surface area contributed by atoms with Gasteiger partial charge in [-0.15, -0.1) is 0 Å². The van der Waals surface area contributed by atoms with Gasteiger partial charge in [-0.25, -0.2) is 0 Å². The second-order valence-electron chi connectivity index (χ2n) is 6.55. The predicted octanol–water partition coefficient (Wildman–Crippen LogP) is 5.23. The summed E-state index contributed by atoms with van der Waals surface area (Å²) >= 11 is 0. The minimum atomic E-state index is -0.730. The molecule has 0 fully saturated rings. The zero-order valence-electron chi connectivity index (χ0n) is 13.6. The summed E-state index contributed by atoms with van der Waals surface area (Å²) in [6.07, 6.45) is 1.77. The predicted molar refractivity (Wildman–Crippen MR) is 94.3 cm³/mol. The van der Waals surface area contributed by atoms with Crippen LogP contribution < -0.4 is 9.47 Å². The molecule has 5 rings (SSSR count). The van der Waals surface area contributed by atoms with Gasteiger partial charge in [0.25, 0.3) is 5.79 Å². The molecule has 0 N–H and O–H groups in total. The number of benzene rings is 3. The lowest BCUT2D eigenvalue weighted by Crippen LogP contribution is -2.44. The fourth-order valence-electron chi connectivity index (χ4n) is 3.93. The van der Waals surface area contributed by atoms with Gasteiger partial charge >= 0.3 is 0 Å². The molecule has 1 atom stereocenters. The molecule has 0 amide bonds. The van der Waals surface area contributed by atoms with E-state index in [1.165, 1.54) is 16.7 Å². The van der Waals surface area contributed by atoms with E-state index in [4.69, 9.17) is 9.47 Å². The number of ether oxygens (including phenoxy) is 2. The van der Waals surface area contributed by atoms with Crippen molar-refractivity contribution in [2.45, 2.75) is 25.6 Å². The van der Waals surface area contributed by atoms with Gasteiger partial charge in [-0.1, -0.05) is 54.6 Å². The normalized spacial score (nSPS) is 20.4. The fourth-order valence-corrected chi connectivity index (χ4v) is 3.93. The van der Waals surface area contributed by atoms with Gasteiger partial charge in [-0.05, 0) is 42.2 Å². The Morgan fingerprint density at radius 2 is 1.46 bits per heavy atom. The molecule has 0 saturated heterocycles. The molecule has 2 heteroatoms. The number of fused-ring (bicyclic) bond motifs is 5. The van der Waals surface area contributed by atoms with E-state index in [0.29, 0.717) is 0 Å². The van der Waals surface area contributed by atoms with Crippen molar-refractivity contribution in [2.24, 2.45) is 0 Å². The maximum Gasteiger partial charge on any atom is 0.278 e. The molecule has 3 aromatic rings. The summed E-state index contributed by atoms with van der Waals surface area (Å²) < 4.78 is 13.0. The van der Waals surface area contributed by atoms with Crippen LogP contribution in [0.1, 0.15) is 23.1 Å². The Hall–Kier alpha value is -2.74. The Morgan fingerprint density at radius 3 is 2.38 bits per heavy atom. The highest BCUT2D eigenvalue weighted by atomic mass is 16.7. The van der Waals surface area contributed by atoms with Gasteiger partial charge < -0.3 is 9.47 Å². The molecule has 2 nitrogen and oxygen atoms in total. The highest BCUT2D eigenvalue weighted by Crippen LogP contribution is 2.50.